The molecular formula is C25H30N2O6S. The fourth-order valence-corrected chi connectivity index (χ4v) is 4.26. The number of rotatable bonds is 12. The molecule has 8 nitrogen and oxygen atoms in total. The fraction of sp³-hybridized carbons (Fsp3) is 0.360. The van der Waals surface area contributed by atoms with E-state index in [9.17, 15) is 4.79 Å². The lowest BCUT2D eigenvalue weighted by molar-refractivity contribution is 0.0458. The van der Waals surface area contributed by atoms with Crippen molar-refractivity contribution in [3.63, 3.8) is 0 Å². The zero-order valence-corrected chi connectivity index (χ0v) is 20.9. The monoisotopic (exact) mass is 486 g/mol. The minimum atomic E-state index is -0.492. The molecule has 182 valence electrons. The van der Waals surface area contributed by atoms with Gasteiger partial charge in [0.25, 0.3) is 0 Å². The van der Waals surface area contributed by atoms with E-state index in [2.05, 4.69) is 5.32 Å². The van der Waals surface area contributed by atoms with Gasteiger partial charge in [-0.3, -0.25) is 0 Å². The SMILES string of the molecule is CCOc1ccc(-c2nc(-c3cc(CNC)c(OCOC)c(C(=O)OC)c3)cs2)cc1OCC. The highest BCUT2D eigenvalue weighted by atomic mass is 32.1. The van der Waals surface area contributed by atoms with E-state index in [0.717, 1.165) is 27.4 Å². The molecule has 9 heteroatoms. The number of thiazole rings is 1. The Morgan fingerprint density at radius 2 is 1.76 bits per heavy atom. The predicted molar refractivity (Wildman–Crippen MR) is 132 cm³/mol. The predicted octanol–water partition coefficient (Wildman–Crippen LogP) is 4.76. The van der Waals surface area contributed by atoms with E-state index >= 15 is 0 Å². The Labute approximate surface area is 203 Å². The van der Waals surface area contributed by atoms with Crippen LogP contribution in [0.2, 0.25) is 0 Å². The summed E-state index contributed by atoms with van der Waals surface area (Å²) in [6, 6.07) is 9.48. The van der Waals surface area contributed by atoms with Gasteiger partial charge in [-0.05, 0) is 51.2 Å². The van der Waals surface area contributed by atoms with E-state index in [4.69, 9.17) is 28.7 Å². The number of nitrogens with one attached hydrogen (secondary N) is 1. The van der Waals surface area contributed by atoms with Gasteiger partial charge in [0, 0.05) is 35.7 Å². The van der Waals surface area contributed by atoms with Crippen LogP contribution < -0.4 is 19.5 Å². The third kappa shape index (κ3) is 5.85. The molecule has 0 radical (unpaired) electrons. The number of ether oxygens (including phenoxy) is 5. The maximum absolute atomic E-state index is 12.5. The van der Waals surface area contributed by atoms with Crippen LogP contribution in [0.1, 0.15) is 29.8 Å². The normalized spacial score (nSPS) is 10.7. The maximum atomic E-state index is 12.5. The highest BCUT2D eigenvalue weighted by molar-refractivity contribution is 7.13. The van der Waals surface area contributed by atoms with Crippen LogP contribution in [-0.2, 0) is 16.0 Å². The van der Waals surface area contributed by atoms with Crippen LogP contribution >= 0.6 is 11.3 Å². The van der Waals surface area contributed by atoms with E-state index in [1.54, 1.807) is 6.07 Å². The van der Waals surface area contributed by atoms with E-state index in [-0.39, 0.29) is 6.79 Å². The van der Waals surface area contributed by atoms with Crippen LogP contribution in [0.25, 0.3) is 21.8 Å². The van der Waals surface area contributed by atoms with Gasteiger partial charge >= 0.3 is 5.97 Å². The van der Waals surface area contributed by atoms with Crippen molar-refractivity contribution >= 4 is 17.3 Å². The first-order chi connectivity index (χ1) is 16.6. The Hall–Kier alpha value is -3.14. The van der Waals surface area contributed by atoms with Crippen LogP contribution in [0.4, 0.5) is 0 Å². The molecule has 0 spiro atoms. The van der Waals surface area contributed by atoms with Crippen molar-refractivity contribution in [1.82, 2.24) is 10.3 Å². The van der Waals surface area contributed by atoms with Gasteiger partial charge in [-0.2, -0.15) is 0 Å². The molecule has 3 aromatic rings. The van der Waals surface area contributed by atoms with Gasteiger partial charge in [0.1, 0.15) is 16.3 Å². The molecule has 1 N–H and O–H groups in total. The minimum absolute atomic E-state index is 0.0147. The Balaban J connectivity index is 2.03. The second-order valence-electron chi connectivity index (χ2n) is 7.15. The number of nitrogens with zero attached hydrogens (tertiary/aromatic N) is 1. The molecule has 2 aromatic carbocycles. The summed E-state index contributed by atoms with van der Waals surface area (Å²) in [6.45, 7) is 5.47. The molecule has 0 bridgehead atoms. The van der Waals surface area contributed by atoms with E-state index < -0.39 is 5.97 Å². The number of hydrogen-bond acceptors (Lipinski definition) is 9. The quantitative estimate of drug-likeness (QED) is 0.290. The van der Waals surface area contributed by atoms with Crippen LogP contribution in [0, 0.1) is 0 Å². The Morgan fingerprint density at radius 3 is 2.44 bits per heavy atom. The van der Waals surface area contributed by atoms with E-state index in [1.807, 2.05) is 50.5 Å². The van der Waals surface area contributed by atoms with Crippen molar-refractivity contribution in [1.29, 1.82) is 0 Å². The number of esters is 1. The van der Waals surface area contributed by atoms with Gasteiger partial charge in [0.2, 0.25) is 0 Å². The smallest absolute Gasteiger partial charge is 0.341 e. The molecule has 34 heavy (non-hydrogen) atoms. The third-order valence-corrected chi connectivity index (χ3v) is 5.74. The lowest BCUT2D eigenvalue weighted by Gasteiger charge is -2.16. The summed E-state index contributed by atoms with van der Waals surface area (Å²) in [4.78, 5) is 17.4. The minimum Gasteiger partial charge on any atom is -0.490 e. The summed E-state index contributed by atoms with van der Waals surface area (Å²) in [5.41, 5.74) is 3.57. The van der Waals surface area contributed by atoms with Crippen LogP contribution in [-0.4, -0.2) is 52.2 Å². The summed E-state index contributed by atoms with van der Waals surface area (Å²) in [6.07, 6.45) is 0. The van der Waals surface area contributed by atoms with Crippen molar-refractivity contribution < 1.29 is 28.5 Å². The molecule has 0 fully saturated rings. The molecule has 1 heterocycles. The topological polar surface area (TPSA) is 88.1 Å². The number of methoxy groups -OCH3 is 2. The van der Waals surface area contributed by atoms with Gasteiger partial charge in [-0.25, -0.2) is 9.78 Å². The van der Waals surface area contributed by atoms with E-state index in [0.29, 0.717) is 42.6 Å². The second-order valence-corrected chi connectivity index (χ2v) is 8.01. The largest absolute Gasteiger partial charge is 0.490 e. The zero-order valence-electron chi connectivity index (χ0n) is 20.1. The first-order valence-electron chi connectivity index (χ1n) is 10.9. The van der Waals surface area contributed by atoms with Crippen LogP contribution in [0.3, 0.4) is 0 Å². The molecule has 1 aromatic heterocycles. The molecule has 0 saturated carbocycles. The summed E-state index contributed by atoms with van der Waals surface area (Å²) >= 11 is 1.51. The number of aromatic nitrogens is 1. The molecule has 3 rings (SSSR count). The first kappa shape index (κ1) is 25.5. The molecule has 0 aliphatic heterocycles. The molecule has 0 atom stereocenters. The first-order valence-corrected chi connectivity index (χ1v) is 11.8. The Bertz CT molecular complexity index is 1110. The van der Waals surface area contributed by atoms with Crippen molar-refractivity contribution in [2.24, 2.45) is 0 Å². The lowest BCUT2D eigenvalue weighted by atomic mass is 10.0. The highest BCUT2D eigenvalue weighted by Crippen LogP contribution is 2.37. The molecular weight excluding hydrogens is 456 g/mol. The molecule has 0 aliphatic rings. The van der Waals surface area contributed by atoms with Crippen molar-refractivity contribution in [2.45, 2.75) is 20.4 Å². The molecule has 0 amide bonds. The van der Waals surface area contributed by atoms with Crippen molar-refractivity contribution in [3.8, 4) is 39.1 Å². The van der Waals surface area contributed by atoms with Crippen LogP contribution in [0.15, 0.2) is 35.7 Å². The Morgan fingerprint density at radius 1 is 1.00 bits per heavy atom. The van der Waals surface area contributed by atoms with Gasteiger partial charge in [0.15, 0.2) is 18.3 Å². The van der Waals surface area contributed by atoms with Crippen LogP contribution in [0.5, 0.6) is 17.2 Å². The molecule has 0 saturated heterocycles. The number of carbonyl (C=O) groups is 1. The van der Waals surface area contributed by atoms with Crippen molar-refractivity contribution in [3.05, 3.63) is 46.8 Å². The number of carbonyl (C=O) groups excluding carboxylic acids is 1. The molecule has 0 unspecified atom stereocenters. The maximum Gasteiger partial charge on any atom is 0.341 e. The second kappa shape index (κ2) is 12.4. The zero-order chi connectivity index (χ0) is 24.5. The third-order valence-electron chi connectivity index (χ3n) is 4.85. The summed E-state index contributed by atoms with van der Waals surface area (Å²) in [5.74, 6) is 1.32. The van der Waals surface area contributed by atoms with Gasteiger partial charge in [0.05, 0.1) is 26.0 Å². The average Bonchev–Trinajstić information content (AvgIpc) is 3.34. The number of benzene rings is 2. The standard InChI is InChI=1S/C25H30N2O6S/c1-6-31-21-9-8-16(12-22(21)32-7-2)24-27-20(14-34-24)17-10-18(13-26-3)23(33-15-29-4)19(11-17)25(28)30-5/h8-12,14,26H,6-7,13,15H2,1-5H3. The van der Waals surface area contributed by atoms with Gasteiger partial charge in [-0.1, -0.05) is 0 Å². The van der Waals surface area contributed by atoms with Gasteiger partial charge < -0.3 is 29.0 Å². The lowest BCUT2D eigenvalue weighted by Crippen LogP contribution is -2.13. The fourth-order valence-electron chi connectivity index (χ4n) is 3.43. The highest BCUT2D eigenvalue weighted by Gasteiger charge is 2.21. The Kier molecular flexibility index (Phi) is 9.26. The summed E-state index contributed by atoms with van der Waals surface area (Å²) < 4.78 is 27.2. The van der Waals surface area contributed by atoms with E-state index in [1.165, 1.54) is 25.6 Å². The molecule has 0 aliphatic carbocycles. The summed E-state index contributed by atoms with van der Waals surface area (Å²) in [7, 11) is 4.70. The number of hydrogen-bond donors (Lipinski definition) is 1. The van der Waals surface area contributed by atoms with Crippen molar-refractivity contribution in [2.75, 3.05) is 41.3 Å². The van der Waals surface area contributed by atoms with Gasteiger partial charge in [-0.15, -0.1) is 11.3 Å². The average molecular weight is 487 g/mol. The summed E-state index contributed by atoms with van der Waals surface area (Å²) in [5, 5.41) is 5.90.